The average Bonchev–Trinajstić information content (AvgIpc) is 2.91. The molecular weight excluding hydrogens is 448 g/mol. The third-order valence-corrected chi connectivity index (χ3v) is 6.08. The van der Waals surface area contributed by atoms with Crippen LogP contribution in [0.2, 0.25) is 0 Å². The zero-order valence-electron chi connectivity index (χ0n) is 20.5. The van der Waals surface area contributed by atoms with E-state index < -0.39 is 0 Å². The van der Waals surface area contributed by atoms with Crippen LogP contribution in [0.25, 0.3) is 23.3 Å². The molecule has 4 rings (SSSR count). The summed E-state index contributed by atoms with van der Waals surface area (Å²) in [4.78, 5) is 0. The highest BCUT2D eigenvalue weighted by Gasteiger charge is 2.07. The Morgan fingerprint density at radius 1 is 0.556 bits per heavy atom. The Labute approximate surface area is 212 Å². The van der Waals surface area contributed by atoms with Crippen molar-refractivity contribution in [3.63, 3.8) is 0 Å². The van der Waals surface area contributed by atoms with Crippen LogP contribution in [-0.4, -0.2) is 24.4 Å². The van der Waals surface area contributed by atoms with Gasteiger partial charge in [-0.05, 0) is 59.4 Å². The average molecular weight is 479 g/mol. The number of ether oxygens (including phenoxy) is 2. The Morgan fingerprint density at radius 3 is 1.31 bits per heavy atom. The van der Waals surface area contributed by atoms with Gasteiger partial charge in [0, 0.05) is 11.1 Å². The van der Waals surface area contributed by atoms with E-state index in [2.05, 4.69) is 48.5 Å². The van der Waals surface area contributed by atoms with Crippen LogP contribution < -0.4 is 9.47 Å². The molecule has 0 aliphatic heterocycles. The van der Waals surface area contributed by atoms with Gasteiger partial charge in [-0.25, -0.2) is 0 Å². The Hall–Kier alpha value is -4.44. The first-order valence-electron chi connectivity index (χ1n) is 11.8. The minimum atomic E-state index is 0.241. The number of benzene rings is 4. The van der Waals surface area contributed by atoms with E-state index in [0.29, 0.717) is 24.3 Å². The van der Waals surface area contributed by atoms with E-state index in [1.807, 2.05) is 36.4 Å². The minimum absolute atomic E-state index is 0.241. The van der Waals surface area contributed by atoms with Crippen molar-refractivity contribution < 1.29 is 19.7 Å². The Morgan fingerprint density at radius 2 is 0.944 bits per heavy atom. The summed E-state index contributed by atoms with van der Waals surface area (Å²) in [5, 5.41) is 20.2. The quantitative estimate of drug-likeness (QED) is 0.265. The summed E-state index contributed by atoms with van der Waals surface area (Å²) in [5.74, 6) is 1.86. The van der Waals surface area contributed by atoms with Gasteiger partial charge in [-0.1, -0.05) is 85.0 Å². The van der Waals surface area contributed by atoms with E-state index in [0.717, 1.165) is 33.4 Å². The number of hydrogen-bond donors (Lipinski definition) is 2. The number of aromatic hydroxyl groups is 2. The van der Waals surface area contributed by atoms with Crippen LogP contribution in [0.4, 0.5) is 0 Å². The predicted octanol–water partition coefficient (Wildman–Crippen LogP) is 7.29. The summed E-state index contributed by atoms with van der Waals surface area (Å²) in [5.41, 5.74) is 6.02. The zero-order valence-corrected chi connectivity index (χ0v) is 20.5. The maximum absolute atomic E-state index is 10.1. The third-order valence-electron chi connectivity index (χ3n) is 6.08. The predicted molar refractivity (Wildman–Crippen MR) is 147 cm³/mol. The van der Waals surface area contributed by atoms with Gasteiger partial charge in [0.2, 0.25) is 0 Å². The number of phenolic OH excluding ortho intramolecular Hbond substituents is 2. The summed E-state index contributed by atoms with van der Waals surface area (Å²) in [6.45, 7) is 0. The van der Waals surface area contributed by atoms with E-state index in [-0.39, 0.29) is 11.5 Å². The van der Waals surface area contributed by atoms with Crippen molar-refractivity contribution in [2.24, 2.45) is 0 Å². The fourth-order valence-corrected chi connectivity index (χ4v) is 4.10. The van der Waals surface area contributed by atoms with Crippen molar-refractivity contribution in [3.05, 3.63) is 119 Å². The summed E-state index contributed by atoms with van der Waals surface area (Å²) >= 11 is 0. The SMILES string of the molecule is COc1cccc(O)c1C/C=C/c1ccc(-c2ccc(/C=C/Cc3c(O)cccc3OC)cc2)cc1. The lowest BCUT2D eigenvalue weighted by molar-refractivity contribution is 0.401. The highest BCUT2D eigenvalue weighted by molar-refractivity contribution is 5.67. The fourth-order valence-electron chi connectivity index (χ4n) is 4.10. The molecule has 0 spiro atoms. The standard InChI is InChI=1S/C32H30O4/c1-35-31-13-5-11-29(33)27(31)9-3-7-23-15-19-25(20-16-23)26-21-17-24(18-22-26)8-4-10-28-30(34)12-6-14-32(28)36-2/h3-8,11-22,33-34H,9-10H2,1-2H3/b7-3+,8-4+. The van der Waals surface area contributed by atoms with Gasteiger partial charge in [-0.15, -0.1) is 0 Å². The van der Waals surface area contributed by atoms with Crippen LogP contribution in [0.1, 0.15) is 22.3 Å². The second-order valence-corrected chi connectivity index (χ2v) is 8.37. The second kappa shape index (κ2) is 11.8. The Bertz CT molecular complexity index is 1240. The van der Waals surface area contributed by atoms with Crippen LogP contribution in [0.5, 0.6) is 23.0 Å². The smallest absolute Gasteiger partial charge is 0.126 e. The van der Waals surface area contributed by atoms with E-state index in [1.54, 1.807) is 38.5 Å². The molecule has 0 saturated heterocycles. The first-order chi connectivity index (χ1) is 17.6. The summed E-state index contributed by atoms with van der Waals surface area (Å²) in [6.07, 6.45) is 9.32. The molecule has 36 heavy (non-hydrogen) atoms. The van der Waals surface area contributed by atoms with Gasteiger partial charge in [0.15, 0.2) is 0 Å². The molecule has 2 N–H and O–H groups in total. The molecule has 0 fully saturated rings. The van der Waals surface area contributed by atoms with Gasteiger partial charge in [0.05, 0.1) is 14.2 Å². The van der Waals surface area contributed by atoms with Crippen LogP contribution in [0.3, 0.4) is 0 Å². The summed E-state index contributed by atoms with van der Waals surface area (Å²) in [6, 6.07) is 27.4. The topological polar surface area (TPSA) is 58.9 Å². The third kappa shape index (κ3) is 5.97. The maximum Gasteiger partial charge on any atom is 0.126 e. The molecule has 182 valence electrons. The lowest BCUT2D eigenvalue weighted by Crippen LogP contribution is -1.91. The lowest BCUT2D eigenvalue weighted by atomic mass is 10.0. The minimum Gasteiger partial charge on any atom is -0.508 e. The summed E-state index contributed by atoms with van der Waals surface area (Å²) < 4.78 is 10.7. The Kier molecular flexibility index (Phi) is 8.09. The maximum atomic E-state index is 10.1. The fraction of sp³-hybridized carbons (Fsp3) is 0.125. The van der Waals surface area contributed by atoms with Crippen LogP contribution in [0.15, 0.2) is 97.1 Å². The van der Waals surface area contributed by atoms with Crippen molar-refractivity contribution in [2.45, 2.75) is 12.8 Å². The summed E-state index contributed by atoms with van der Waals surface area (Å²) in [7, 11) is 3.22. The number of rotatable bonds is 9. The van der Waals surface area contributed by atoms with Crippen LogP contribution >= 0.6 is 0 Å². The van der Waals surface area contributed by atoms with Gasteiger partial charge < -0.3 is 19.7 Å². The number of hydrogen-bond acceptors (Lipinski definition) is 4. The molecule has 0 saturated carbocycles. The van der Waals surface area contributed by atoms with E-state index in [4.69, 9.17) is 9.47 Å². The van der Waals surface area contributed by atoms with Crippen molar-refractivity contribution in [1.29, 1.82) is 0 Å². The molecule has 4 aromatic rings. The van der Waals surface area contributed by atoms with Gasteiger partial charge in [0.1, 0.15) is 23.0 Å². The van der Waals surface area contributed by atoms with Crippen molar-refractivity contribution in [2.75, 3.05) is 14.2 Å². The molecule has 4 aromatic carbocycles. The van der Waals surface area contributed by atoms with Crippen molar-refractivity contribution in [3.8, 4) is 34.1 Å². The normalized spacial score (nSPS) is 11.3. The molecule has 0 unspecified atom stereocenters. The van der Waals surface area contributed by atoms with Crippen LogP contribution in [-0.2, 0) is 12.8 Å². The molecule has 0 aliphatic rings. The zero-order chi connectivity index (χ0) is 25.3. The molecule has 0 amide bonds. The van der Waals surface area contributed by atoms with Gasteiger partial charge >= 0.3 is 0 Å². The van der Waals surface area contributed by atoms with Gasteiger partial charge in [-0.3, -0.25) is 0 Å². The molecule has 0 atom stereocenters. The van der Waals surface area contributed by atoms with E-state index >= 15 is 0 Å². The van der Waals surface area contributed by atoms with Gasteiger partial charge in [-0.2, -0.15) is 0 Å². The molecule has 0 radical (unpaired) electrons. The second-order valence-electron chi connectivity index (χ2n) is 8.37. The molecule has 4 heteroatoms. The highest BCUT2D eigenvalue weighted by Crippen LogP contribution is 2.29. The Balaban J connectivity index is 1.38. The lowest BCUT2D eigenvalue weighted by Gasteiger charge is -2.08. The van der Waals surface area contributed by atoms with E-state index in [1.165, 1.54) is 0 Å². The van der Waals surface area contributed by atoms with Crippen LogP contribution in [0, 0.1) is 0 Å². The first-order valence-corrected chi connectivity index (χ1v) is 11.8. The molecule has 0 aliphatic carbocycles. The number of methoxy groups -OCH3 is 2. The van der Waals surface area contributed by atoms with Crippen molar-refractivity contribution in [1.82, 2.24) is 0 Å². The highest BCUT2D eigenvalue weighted by atomic mass is 16.5. The monoisotopic (exact) mass is 478 g/mol. The molecule has 0 heterocycles. The number of allylic oxidation sites excluding steroid dienone is 2. The van der Waals surface area contributed by atoms with Gasteiger partial charge in [0.25, 0.3) is 0 Å². The number of phenols is 2. The molecule has 0 aromatic heterocycles. The largest absolute Gasteiger partial charge is 0.508 e. The molecule has 4 nitrogen and oxygen atoms in total. The molecule has 0 bridgehead atoms. The molecular formula is C32H30O4. The van der Waals surface area contributed by atoms with E-state index in [9.17, 15) is 10.2 Å². The first kappa shape index (κ1) is 24.7. The van der Waals surface area contributed by atoms with Crippen molar-refractivity contribution >= 4 is 12.2 Å².